The van der Waals surface area contributed by atoms with E-state index in [9.17, 15) is 14.4 Å². The van der Waals surface area contributed by atoms with Crippen molar-refractivity contribution in [3.63, 3.8) is 0 Å². The average molecular weight is 366 g/mol. The van der Waals surface area contributed by atoms with Gasteiger partial charge in [0.15, 0.2) is 11.9 Å². The third kappa shape index (κ3) is 4.00. The molecule has 0 bridgehead atoms. The van der Waals surface area contributed by atoms with Gasteiger partial charge < -0.3 is 10.1 Å². The van der Waals surface area contributed by atoms with Gasteiger partial charge >= 0.3 is 0 Å². The molecule has 0 spiro atoms. The van der Waals surface area contributed by atoms with Crippen LogP contribution < -0.4 is 15.0 Å². The van der Waals surface area contributed by atoms with Crippen LogP contribution in [0.15, 0.2) is 48.5 Å². The Kier molecular flexibility index (Phi) is 5.26. The number of amides is 2. The number of fused-ring (bicyclic) bond motifs is 1. The normalized spacial score (nSPS) is 16.9. The molecule has 1 N–H and O–H groups in total. The van der Waals surface area contributed by atoms with Crippen LogP contribution in [0.5, 0.6) is 5.75 Å². The van der Waals surface area contributed by atoms with E-state index < -0.39 is 6.10 Å². The Hall–Kier alpha value is -3.15. The molecule has 0 saturated heterocycles. The maximum absolute atomic E-state index is 12.6. The molecule has 1 aliphatic heterocycles. The molecule has 2 amide bonds. The van der Waals surface area contributed by atoms with E-state index in [2.05, 4.69) is 5.32 Å². The number of ketones is 1. The highest BCUT2D eigenvalue weighted by Crippen LogP contribution is 2.35. The van der Waals surface area contributed by atoms with Gasteiger partial charge in [0.1, 0.15) is 12.3 Å². The van der Waals surface area contributed by atoms with Crippen molar-refractivity contribution in [1.29, 1.82) is 0 Å². The molecule has 0 aliphatic carbocycles. The second kappa shape index (κ2) is 7.61. The van der Waals surface area contributed by atoms with E-state index >= 15 is 0 Å². The second-order valence-corrected chi connectivity index (χ2v) is 6.62. The molecule has 6 nitrogen and oxygen atoms in total. The van der Waals surface area contributed by atoms with Crippen LogP contribution in [0.3, 0.4) is 0 Å². The Labute approximate surface area is 158 Å². The summed E-state index contributed by atoms with van der Waals surface area (Å²) in [7, 11) is 0. The zero-order chi connectivity index (χ0) is 19.6. The summed E-state index contributed by atoms with van der Waals surface area (Å²) in [6.45, 7) is 4.84. The van der Waals surface area contributed by atoms with E-state index in [0.717, 1.165) is 5.56 Å². The van der Waals surface area contributed by atoms with Crippen LogP contribution >= 0.6 is 0 Å². The van der Waals surface area contributed by atoms with Crippen molar-refractivity contribution in [3.8, 4) is 5.75 Å². The number of rotatable bonds is 5. The van der Waals surface area contributed by atoms with Crippen LogP contribution in [-0.4, -0.2) is 30.2 Å². The zero-order valence-electron chi connectivity index (χ0n) is 15.6. The summed E-state index contributed by atoms with van der Waals surface area (Å²) < 4.78 is 5.61. The van der Waals surface area contributed by atoms with Crippen LogP contribution in [0.2, 0.25) is 0 Å². The van der Waals surface area contributed by atoms with Crippen LogP contribution in [0.1, 0.15) is 42.7 Å². The molecular formula is C21H22N2O4. The minimum absolute atomic E-state index is 0.119. The fourth-order valence-corrected chi connectivity index (χ4v) is 3.04. The summed E-state index contributed by atoms with van der Waals surface area (Å²) in [5, 5.41) is 2.91. The molecule has 1 aliphatic rings. The standard InChI is InChI=1S/C21H22N2O4/c1-13(16-7-5-4-6-8-16)22-20(25)12-23-18-11-17(14(2)24)9-10-19(18)27-15(3)21(23)26/h4-11,13,15H,12H2,1-3H3,(H,22,25). The first-order valence-electron chi connectivity index (χ1n) is 8.84. The largest absolute Gasteiger partial charge is 0.479 e. The first kappa shape index (κ1) is 18.6. The molecule has 1 heterocycles. The van der Waals surface area contributed by atoms with Crippen molar-refractivity contribution < 1.29 is 19.1 Å². The molecule has 0 aromatic heterocycles. The number of Topliss-reactive ketones (excluding diaryl/α,β-unsaturated/α-hetero) is 1. The predicted octanol–water partition coefficient (Wildman–Crippen LogP) is 2.88. The van der Waals surface area contributed by atoms with Crippen LogP contribution in [0.4, 0.5) is 5.69 Å². The van der Waals surface area contributed by atoms with Crippen molar-refractivity contribution in [1.82, 2.24) is 5.32 Å². The summed E-state index contributed by atoms with van der Waals surface area (Å²) >= 11 is 0. The van der Waals surface area contributed by atoms with Gasteiger partial charge in [-0.05, 0) is 44.5 Å². The Morgan fingerprint density at radius 3 is 2.56 bits per heavy atom. The van der Waals surface area contributed by atoms with Crippen LogP contribution in [-0.2, 0) is 9.59 Å². The minimum Gasteiger partial charge on any atom is -0.479 e. The zero-order valence-corrected chi connectivity index (χ0v) is 15.6. The fraction of sp³-hybridized carbons (Fsp3) is 0.286. The third-order valence-corrected chi connectivity index (χ3v) is 4.55. The minimum atomic E-state index is -0.694. The summed E-state index contributed by atoms with van der Waals surface area (Å²) in [6, 6.07) is 14.3. The van der Waals surface area contributed by atoms with Gasteiger partial charge in [-0.3, -0.25) is 19.3 Å². The van der Waals surface area contributed by atoms with Gasteiger partial charge in [0.25, 0.3) is 5.91 Å². The number of hydrogen-bond acceptors (Lipinski definition) is 4. The van der Waals surface area contributed by atoms with Gasteiger partial charge in [-0.2, -0.15) is 0 Å². The van der Waals surface area contributed by atoms with Crippen molar-refractivity contribution in [2.45, 2.75) is 32.9 Å². The maximum atomic E-state index is 12.6. The Bertz CT molecular complexity index is 879. The van der Waals surface area contributed by atoms with Gasteiger partial charge in [-0.25, -0.2) is 0 Å². The highest BCUT2D eigenvalue weighted by molar-refractivity contribution is 6.05. The summed E-state index contributed by atoms with van der Waals surface area (Å²) in [6.07, 6.45) is -0.694. The van der Waals surface area contributed by atoms with Crippen molar-refractivity contribution >= 4 is 23.3 Å². The highest BCUT2D eigenvalue weighted by Gasteiger charge is 2.33. The number of benzene rings is 2. The summed E-state index contributed by atoms with van der Waals surface area (Å²) in [5.74, 6) is -0.235. The molecule has 2 aromatic carbocycles. The molecule has 2 atom stereocenters. The van der Waals surface area contributed by atoms with Crippen LogP contribution in [0, 0.1) is 0 Å². The molecule has 140 valence electrons. The average Bonchev–Trinajstić information content (AvgIpc) is 2.65. The lowest BCUT2D eigenvalue weighted by atomic mass is 10.1. The SMILES string of the molecule is CC(=O)c1ccc2c(c1)N(CC(=O)NC(C)c1ccccc1)C(=O)C(C)O2. The van der Waals surface area contributed by atoms with E-state index in [1.807, 2.05) is 37.3 Å². The number of ether oxygens (including phenoxy) is 1. The monoisotopic (exact) mass is 366 g/mol. The van der Waals surface area contributed by atoms with Crippen molar-refractivity contribution in [3.05, 3.63) is 59.7 Å². The number of anilines is 1. The Morgan fingerprint density at radius 1 is 1.19 bits per heavy atom. The quantitative estimate of drug-likeness (QED) is 0.826. The summed E-state index contributed by atoms with van der Waals surface area (Å²) in [5.41, 5.74) is 1.88. The van der Waals surface area contributed by atoms with Gasteiger partial charge in [0, 0.05) is 5.56 Å². The van der Waals surface area contributed by atoms with E-state index in [1.54, 1.807) is 25.1 Å². The topological polar surface area (TPSA) is 75.7 Å². The van der Waals surface area contributed by atoms with E-state index in [0.29, 0.717) is 17.0 Å². The maximum Gasteiger partial charge on any atom is 0.268 e. The lowest BCUT2D eigenvalue weighted by molar-refractivity contribution is -0.128. The van der Waals surface area contributed by atoms with Gasteiger partial charge in [0.05, 0.1) is 11.7 Å². The molecule has 2 unspecified atom stereocenters. The van der Waals surface area contributed by atoms with Crippen molar-refractivity contribution in [2.24, 2.45) is 0 Å². The lowest BCUT2D eigenvalue weighted by Crippen LogP contribution is -2.49. The number of carbonyl (C=O) groups is 3. The van der Waals surface area contributed by atoms with E-state index in [4.69, 9.17) is 4.74 Å². The van der Waals surface area contributed by atoms with Gasteiger partial charge in [0.2, 0.25) is 5.91 Å². The van der Waals surface area contributed by atoms with E-state index in [1.165, 1.54) is 11.8 Å². The Balaban J connectivity index is 1.81. The van der Waals surface area contributed by atoms with Gasteiger partial charge in [-0.1, -0.05) is 30.3 Å². The third-order valence-electron chi connectivity index (χ3n) is 4.55. The number of nitrogens with zero attached hydrogens (tertiary/aromatic N) is 1. The molecule has 2 aromatic rings. The van der Waals surface area contributed by atoms with Crippen molar-refractivity contribution in [2.75, 3.05) is 11.4 Å². The molecular weight excluding hydrogens is 344 g/mol. The molecule has 27 heavy (non-hydrogen) atoms. The lowest BCUT2D eigenvalue weighted by Gasteiger charge is -2.33. The Morgan fingerprint density at radius 2 is 1.89 bits per heavy atom. The van der Waals surface area contributed by atoms with Gasteiger partial charge in [-0.15, -0.1) is 0 Å². The number of nitrogens with one attached hydrogen (secondary N) is 1. The highest BCUT2D eigenvalue weighted by atomic mass is 16.5. The number of carbonyl (C=O) groups excluding carboxylic acids is 3. The smallest absolute Gasteiger partial charge is 0.268 e. The predicted molar refractivity (Wildman–Crippen MR) is 102 cm³/mol. The molecule has 0 fully saturated rings. The first-order chi connectivity index (χ1) is 12.9. The molecule has 3 rings (SSSR count). The number of hydrogen-bond donors (Lipinski definition) is 1. The van der Waals surface area contributed by atoms with Crippen LogP contribution in [0.25, 0.3) is 0 Å². The molecule has 0 saturated carbocycles. The molecule has 0 radical (unpaired) electrons. The first-order valence-corrected chi connectivity index (χ1v) is 8.84. The molecule has 6 heteroatoms. The van der Waals surface area contributed by atoms with E-state index in [-0.39, 0.29) is 30.2 Å². The summed E-state index contributed by atoms with van der Waals surface area (Å²) in [4.78, 5) is 38.2. The second-order valence-electron chi connectivity index (χ2n) is 6.62. The fourth-order valence-electron chi connectivity index (χ4n) is 3.04.